The number of fused-ring (bicyclic) bond motifs is 1. The van der Waals surface area contributed by atoms with E-state index in [9.17, 15) is 14.8 Å². The number of hydrogen-bond acceptors (Lipinski definition) is 4. The van der Waals surface area contributed by atoms with Crippen LogP contribution in [-0.4, -0.2) is 30.3 Å². The number of anilines is 1. The third-order valence-corrected chi connectivity index (χ3v) is 3.98. The van der Waals surface area contributed by atoms with E-state index in [4.69, 9.17) is 0 Å². The highest BCUT2D eigenvalue weighted by Crippen LogP contribution is 2.35. The number of halogens is 1. The lowest BCUT2D eigenvalue weighted by Crippen LogP contribution is -2.22. The Balaban J connectivity index is 2.34. The highest BCUT2D eigenvalue weighted by molar-refractivity contribution is 6.04. The van der Waals surface area contributed by atoms with Crippen LogP contribution < -0.4 is 4.90 Å². The molecule has 0 aliphatic heterocycles. The van der Waals surface area contributed by atoms with Crippen LogP contribution in [0, 0.1) is 17.1 Å². The van der Waals surface area contributed by atoms with Crippen LogP contribution in [0.4, 0.5) is 10.2 Å². The Morgan fingerprint density at radius 3 is 2.67 bits per heavy atom. The van der Waals surface area contributed by atoms with Gasteiger partial charge in [0, 0.05) is 36.3 Å². The third-order valence-electron chi connectivity index (χ3n) is 3.98. The van der Waals surface area contributed by atoms with Gasteiger partial charge in [-0.05, 0) is 17.5 Å². The number of aromatic nitrogens is 1. The van der Waals surface area contributed by atoms with E-state index < -0.39 is 0 Å². The van der Waals surface area contributed by atoms with E-state index in [1.807, 2.05) is 6.07 Å². The number of benzene rings is 2. The van der Waals surface area contributed by atoms with Crippen LogP contribution in [0.5, 0.6) is 0 Å². The average Bonchev–Trinajstić information content (AvgIpc) is 2.61. The molecule has 0 aliphatic rings. The third kappa shape index (κ3) is 2.68. The molecule has 1 heterocycles. The number of pyridine rings is 1. The van der Waals surface area contributed by atoms with Crippen LogP contribution in [0.3, 0.4) is 0 Å². The van der Waals surface area contributed by atoms with Gasteiger partial charge in [-0.15, -0.1) is 0 Å². The number of nitrogens with zero attached hydrogens (tertiary/aromatic N) is 3. The largest absolute Gasteiger partial charge is 0.395 e. The summed E-state index contributed by atoms with van der Waals surface area (Å²) in [5, 5.41) is 20.1. The zero-order chi connectivity index (χ0) is 17.1. The van der Waals surface area contributed by atoms with Crippen LogP contribution >= 0.6 is 0 Å². The standard InChI is InChI=1S/C19H16FN3O/c1-23(9-10-24)19-18-13(11-21)5-4-7-15(18)16(12-22-19)14-6-2-3-8-17(14)20/h2-8,12,24H,9-10H2,1H3. The first-order valence-electron chi connectivity index (χ1n) is 7.56. The van der Waals surface area contributed by atoms with Gasteiger partial charge in [-0.3, -0.25) is 0 Å². The maximum Gasteiger partial charge on any atom is 0.137 e. The molecular weight excluding hydrogens is 305 g/mol. The molecule has 0 atom stereocenters. The number of rotatable bonds is 4. The highest BCUT2D eigenvalue weighted by Gasteiger charge is 2.16. The molecule has 3 aromatic rings. The molecule has 0 amide bonds. The fourth-order valence-electron chi connectivity index (χ4n) is 2.81. The second-order valence-corrected chi connectivity index (χ2v) is 5.46. The first-order valence-corrected chi connectivity index (χ1v) is 7.56. The zero-order valence-electron chi connectivity index (χ0n) is 13.2. The Kier molecular flexibility index (Phi) is 4.41. The monoisotopic (exact) mass is 321 g/mol. The number of aliphatic hydroxyl groups excluding tert-OH is 1. The first kappa shape index (κ1) is 15.9. The molecule has 0 saturated heterocycles. The van der Waals surface area contributed by atoms with Gasteiger partial charge in [-0.1, -0.05) is 30.3 Å². The molecule has 5 heteroatoms. The topological polar surface area (TPSA) is 60.1 Å². The summed E-state index contributed by atoms with van der Waals surface area (Å²) in [5.41, 5.74) is 1.56. The molecular formula is C19H16FN3O. The van der Waals surface area contributed by atoms with Gasteiger partial charge >= 0.3 is 0 Å². The van der Waals surface area contributed by atoms with Gasteiger partial charge in [0.1, 0.15) is 11.6 Å². The maximum atomic E-state index is 14.2. The lowest BCUT2D eigenvalue weighted by Gasteiger charge is -2.20. The number of aliphatic hydroxyl groups is 1. The van der Waals surface area contributed by atoms with Gasteiger partial charge in [0.2, 0.25) is 0 Å². The molecule has 3 rings (SSSR count). The van der Waals surface area contributed by atoms with E-state index in [0.717, 1.165) is 5.39 Å². The normalized spacial score (nSPS) is 10.6. The lowest BCUT2D eigenvalue weighted by molar-refractivity contribution is 0.304. The van der Waals surface area contributed by atoms with Crippen LogP contribution in [0.15, 0.2) is 48.7 Å². The van der Waals surface area contributed by atoms with E-state index in [2.05, 4.69) is 11.1 Å². The maximum absolute atomic E-state index is 14.2. The molecule has 120 valence electrons. The summed E-state index contributed by atoms with van der Waals surface area (Å²) < 4.78 is 14.2. The van der Waals surface area contributed by atoms with Crippen LogP contribution in [0.1, 0.15) is 5.56 Å². The number of hydrogen-bond donors (Lipinski definition) is 1. The minimum Gasteiger partial charge on any atom is -0.395 e. The lowest BCUT2D eigenvalue weighted by atomic mass is 9.97. The molecule has 24 heavy (non-hydrogen) atoms. The van der Waals surface area contributed by atoms with Gasteiger partial charge in [0.05, 0.1) is 18.2 Å². The molecule has 4 nitrogen and oxygen atoms in total. The van der Waals surface area contributed by atoms with Crippen molar-refractivity contribution in [2.24, 2.45) is 0 Å². The zero-order valence-corrected chi connectivity index (χ0v) is 13.2. The van der Waals surface area contributed by atoms with E-state index in [-0.39, 0.29) is 12.4 Å². The molecule has 0 spiro atoms. The summed E-state index contributed by atoms with van der Waals surface area (Å²) in [6.07, 6.45) is 1.62. The van der Waals surface area contributed by atoms with Gasteiger partial charge in [0.25, 0.3) is 0 Å². The second-order valence-electron chi connectivity index (χ2n) is 5.46. The van der Waals surface area contributed by atoms with E-state index in [1.165, 1.54) is 6.07 Å². The summed E-state index contributed by atoms with van der Waals surface area (Å²) in [5.74, 6) is 0.260. The van der Waals surface area contributed by atoms with Crippen molar-refractivity contribution < 1.29 is 9.50 Å². The quantitative estimate of drug-likeness (QED) is 0.800. The average molecular weight is 321 g/mol. The predicted octanol–water partition coefficient (Wildman–Crippen LogP) is 3.34. The highest BCUT2D eigenvalue weighted by atomic mass is 19.1. The van der Waals surface area contributed by atoms with Crippen molar-refractivity contribution in [3.8, 4) is 17.2 Å². The number of likely N-dealkylation sites (N-methyl/N-ethyl adjacent to an activating group) is 1. The van der Waals surface area contributed by atoms with Gasteiger partial charge in [-0.25, -0.2) is 9.37 Å². The Labute approximate surface area is 139 Å². The number of nitriles is 1. The minimum atomic E-state index is -0.334. The molecule has 0 unspecified atom stereocenters. The Morgan fingerprint density at radius 1 is 1.17 bits per heavy atom. The molecule has 0 bridgehead atoms. The van der Waals surface area contributed by atoms with Gasteiger partial charge in [0.15, 0.2) is 0 Å². The van der Waals surface area contributed by atoms with Crippen LogP contribution in [0.2, 0.25) is 0 Å². The fraction of sp³-hybridized carbons (Fsp3) is 0.158. The minimum absolute atomic E-state index is 0.0243. The molecule has 1 N–H and O–H groups in total. The summed E-state index contributed by atoms with van der Waals surface area (Å²) in [7, 11) is 1.80. The smallest absolute Gasteiger partial charge is 0.137 e. The van der Waals surface area contributed by atoms with Crippen molar-refractivity contribution in [1.29, 1.82) is 5.26 Å². The van der Waals surface area contributed by atoms with Crippen LogP contribution in [-0.2, 0) is 0 Å². The molecule has 0 saturated carbocycles. The molecule has 0 fully saturated rings. The van der Waals surface area contributed by atoms with Crippen molar-refractivity contribution in [3.05, 3.63) is 60.0 Å². The van der Waals surface area contributed by atoms with Crippen molar-refractivity contribution in [1.82, 2.24) is 4.98 Å². The van der Waals surface area contributed by atoms with Crippen molar-refractivity contribution in [3.63, 3.8) is 0 Å². The van der Waals surface area contributed by atoms with Gasteiger partial charge < -0.3 is 10.0 Å². The van der Waals surface area contributed by atoms with Crippen molar-refractivity contribution in [2.75, 3.05) is 25.1 Å². The summed E-state index contributed by atoms with van der Waals surface area (Å²) in [4.78, 5) is 6.23. The first-order chi connectivity index (χ1) is 11.7. The van der Waals surface area contributed by atoms with Crippen molar-refractivity contribution >= 4 is 16.6 Å². The molecule has 0 aliphatic carbocycles. The van der Waals surface area contributed by atoms with Crippen LogP contribution in [0.25, 0.3) is 21.9 Å². The summed E-state index contributed by atoms with van der Waals surface area (Å²) in [6, 6.07) is 14.0. The Hall–Kier alpha value is -2.97. The van der Waals surface area contributed by atoms with Gasteiger partial charge in [-0.2, -0.15) is 5.26 Å². The summed E-state index contributed by atoms with van der Waals surface area (Å²) >= 11 is 0. The summed E-state index contributed by atoms with van der Waals surface area (Å²) in [6.45, 7) is 0.365. The molecule has 1 aromatic heterocycles. The van der Waals surface area contributed by atoms with Crippen molar-refractivity contribution in [2.45, 2.75) is 0 Å². The Morgan fingerprint density at radius 2 is 1.96 bits per heavy atom. The Bertz CT molecular complexity index is 934. The molecule has 0 radical (unpaired) electrons. The SMILES string of the molecule is CN(CCO)c1ncc(-c2ccccc2F)c2cccc(C#N)c12. The van der Waals surface area contributed by atoms with E-state index in [0.29, 0.717) is 34.4 Å². The predicted molar refractivity (Wildman–Crippen MR) is 92.2 cm³/mol. The molecule has 2 aromatic carbocycles. The fourth-order valence-corrected chi connectivity index (χ4v) is 2.81. The van der Waals surface area contributed by atoms with E-state index >= 15 is 0 Å². The van der Waals surface area contributed by atoms with E-state index in [1.54, 1.807) is 48.5 Å². The second kappa shape index (κ2) is 6.65.